The summed E-state index contributed by atoms with van der Waals surface area (Å²) in [6.45, 7) is 3.44. The Labute approximate surface area is 179 Å². The molecule has 1 aromatic carbocycles. The number of nitrogens with zero attached hydrogens (tertiary/aromatic N) is 5. The second-order valence-corrected chi connectivity index (χ2v) is 7.59. The van der Waals surface area contributed by atoms with Gasteiger partial charge in [-0.1, -0.05) is 17.4 Å². The highest BCUT2D eigenvalue weighted by molar-refractivity contribution is 7.16. The molecule has 0 fully saturated rings. The van der Waals surface area contributed by atoms with E-state index in [1.54, 1.807) is 36.6 Å². The maximum Gasteiger partial charge on any atom is 0.326 e. The Hall–Kier alpha value is -3.86. The van der Waals surface area contributed by atoms with Gasteiger partial charge in [-0.05, 0) is 32.0 Å². The van der Waals surface area contributed by atoms with E-state index in [9.17, 15) is 19.7 Å². The molecule has 0 radical (unpaired) electrons. The van der Waals surface area contributed by atoms with E-state index in [1.807, 2.05) is 6.07 Å². The number of benzene rings is 1. The van der Waals surface area contributed by atoms with Crippen LogP contribution < -0.4 is 4.80 Å². The van der Waals surface area contributed by atoms with Gasteiger partial charge in [-0.2, -0.15) is 4.99 Å². The fraction of sp³-hybridized carbons (Fsp3) is 0.200. The summed E-state index contributed by atoms with van der Waals surface area (Å²) in [6.07, 6.45) is 1.72. The molecule has 0 aliphatic heterocycles. The number of hydrogen-bond acceptors (Lipinski definition) is 7. The fourth-order valence-corrected chi connectivity index (χ4v) is 4.32. The summed E-state index contributed by atoms with van der Waals surface area (Å²) in [7, 11) is 0. The van der Waals surface area contributed by atoms with Crippen molar-refractivity contribution in [3.05, 3.63) is 68.9 Å². The molecule has 31 heavy (non-hydrogen) atoms. The molecule has 0 aliphatic rings. The number of carbonyl (C=O) groups excluding carboxylic acids is 2. The number of carbonyl (C=O) groups is 2. The van der Waals surface area contributed by atoms with Crippen molar-refractivity contribution < 1.29 is 19.2 Å². The molecule has 0 bridgehead atoms. The van der Waals surface area contributed by atoms with Crippen molar-refractivity contribution in [3.8, 4) is 0 Å². The van der Waals surface area contributed by atoms with E-state index in [-0.39, 0.29) is 23.6 Å². The lowest BCUT2D eigenvalue weighted by atomic mass is 10.3. The molecule has 1 amide bonds. The summed E-state index contributed by atoms with van der Waals surface area (Å²) in [5.41, 5.74) is 1.90. The molecule has 0 atom stereocenters. The van der Waals surface area contributed by atoms with Crippen LogP contribution in [0.2, 0.25) is 0 Å². The summed E-state index contributed by atoms with van der Waals surface area (Å²) in [5.74, 6) is -1.03. The second-order valence-electron chi connectivity index (χ2n) is 6.58. The van der Waals surface area contributed by atoms with E-state index in [1.165, 1.54) is 22.8 Å². The van der Waals surface area contributed by atoms with Crippen LogP contribution in [0.1, 0.15) is 23.1 Å². The Morgan fingerprint density at radius 3 is 2.84 bits per heavy atom. The number of amides is 1. The molecule has 0 N–H and O–H groups in total. The third kappa shape index (κ3) is 3.82. The Kier molecular flexibility index (Phi) is 5.34. The molecule has 3 aromatic heterocycles. The number of rotatable bonds is 5. The zero-order valence-corrected chi connectivity index (χ0v) is 17.5. The van der Waals surface area contributed by atoms with Gasteiger partial charge in [0.2, 0.25) is 0 Å². The first-order valence-corrected chi connectivity index (χ1v) is 10.2. The van der Waals surface area contributed by atoms with Gasteiger partial charge in [0.15, 0.2) is 4.80 Å². The van der Waals surface area contributed by atoms with Crippen LogP contribution in [-0.2, 0) is 16.1 Å². The normalized spacial score (nSPS) is 11.9. The molecular formula is C20H17N5O5S. The minimum Gasteiger partial charge on any atom is -0.465 e. The number of non-ortho nitro benzene ring substituents is 1. The highest BCUT2D eigenvalue weighted by Gasteiger charge is 2.19. The number of esters is 1. The van der Waals surface area contributed by atoms with Crippen LogP contribution in [0.4, 0.5) is 5.69 Å². The molecular weight excluding hydrogens is 422 g/mol. The van der Waals surface area contributed by atoms with E-state index in [0.717, 1.165) is 11.3 Å². The quantitative estimate of drug-likeness (QED) is 0.268. The number of nitro groups is 1. The van der Waals surface area contributed by atoms with Crippen molar-refractivity contribution >= 4 is 44.8 Å². The van der Waals surface area contributed by atoms with Crippen molar-refractivity contribution in [2.75, 3.05) is 6.61 Å². The zero-order valence-electron chi connectivity index (χ0n) is 16.6. The lowest BCUT2D eigenvalue weighted by Crippen LogP contribution is -2.23. The molecule has 4 rings (SSSR count). The molecule has 158 valence electrons. The van der Waals surface area contributed by atoms with Crippen LogP contribution in [0.5, 0.6) is 0 Å². The largest absolute Gasteiger partial charge is 0.465 e. The topological polar surface area (TPSA) is 121 Å². The maximum atomic E-state index is 13.1. The SMILES string of the molecule is CCOC(=O)Cn1c(=NC(=O)c2c(C)nc3ccccn23)sc2cc([N+](=O)[O-])ccc21. The number of fused-ring (bicyclic) bond motifs is 2. The van der Waals surface area contributed by atoms with Crippen LogP contribution >= 0.6 is 11.3 Å². The minimum absolute atomic E-state index is 0.0902. The first-order valence-electron chi connectivity index (χ1n) is 9.35. The van der Waals surface area contributed by atoms with Gasteiger partial charge in [0.25, 0.3) is 11.6 Å². The summed E-state index contributed by atoms with van der Waals surface area (Å²) >= 11 is 1.09. The number of imidazole rings is 1. The number of thiazole rings is 1. The lowest BCUT2D eigenvalue weighted by Gasteiger charge is -2.05. The molecule has 0 aliphatic carbocycles. The first-order chi connectivity index (χ1) is 14.9. The molecule has 10 nitrogen and oxygen atoms in total. The predicted octanol–water partition coefficient (Wildman–Crippen LogP) is 2.87. The minimum atomic E-state index is -0.533. The molecule has 11 heteroatoms. The highest BCUT2D eigenvalue weighted by Crippen LogP contribution is 2.23. The lowest BCUT2D eigenvalue weighted by molar-refractivity contribution is -0.384. The van der Waals surface area contributed by atoms with Crippen molar-refractivity contribution in [1.29, 1.82) is 0 Å². The Bertz CT molecular complexity index is 1410. The predicted molar refractivity (Wildman–Crippen MR) is 113 cm³/mol. The standard InChI is InChI=1S/C20H17N5O5S/c1-3-30-17(26)11-24-14-8-7-13(25(28)29)10-15(14)31-20(24)22-19(27)18-12(2)21-16-6-4-5-9-23(16)18/h4-10H,3,11H2,1-2H3. The van der Waals surface area contributed by atoms with E-state index in [4.69, 9.17) is 4.74 Å². The fourth-order valence-electron chi connectivity index (χ4n) is 3.26. The molecule has 0 unspecified atom stereocenters. The summed E-state index contributed by atoms with van der Waals surface area (Å²) in [6, 6.07) is 9.65. The van der Waals surface area contributed by atoms with Gasteiger partial charge in [-0.3, -0.25) is 24.1 Å². The number of ether oxygens (including phenoxy) is 1. The Morgan fingerprint density at radius 2 is 2.10 bits per heavy atom. The second kappa shape index (κ2) is 8.11. The van der Waals surface area contributed by atoms with Gasteiger partial charge in [0.1, 0.15) is 17.9 Å². The van der Waals surface area contributed by atoms with Crippen LogP contribution in [-0.4, -0.2) is 37.4 Å². The molecule has 3 heterocycles. The Balaban J connectivity index is 1.89. The summed E-state index contributed by atoms with van der Waals surface area (Å²) in [4.78, 5) is 44.7. The van der Waals surface area contributed by atoms with Gasteiger partial charge >= 0.3 is 5.97 Å². The van der Waals surface area contributed by atoms with Gasteiger partial charge in [-0.15, -0.1) is 0 Å². The van der Waals surface area contributed by atoms with Crippen molar-refractivity contribution in [1.82, 2.24) is 14.0 Å². The van der Waals surface area contributed by atoms with Gasteiger partial charge < -0.3 is 9.30 Å². The maximum absolute atomic E-state index is 13.1. The van der Waals surface area contributed by atoms with E-state index in [2.05, 4.69) is 9.98 Å². The van der Waals surface area contributed by atoms with Crippen LogP contribution in [0.3, 0.4) is 0 Å². The average molecular weight is 439 g/mol. The van der Waals surface area contributed by atoms with Crippen molar-refractivity contribution in [2.45, 2.75) is 20.4 Å². The monoisotopic (exact) mass is 439 g/mol. The molecule has 0 saturated carbocycles. The van der Waals surface area contributed by atoms with E-state index >= 15 is 0 Å². The van der Waals surface area contributed by atoms with Crippen LogP contribution in [0.25, 0.3) is 15.9 Å². The summed E-state index contributed by atoms with van der Waals surface area (Å²) < 4.78 is 8.73. The number of hydrogen-bond donors (Lipinski definition) is 0. The van der Waals surface area contributed by atoms with Gasteiger partial charge in [0.05, 0.1) is 27.4 Å². The highest BCUT2D eigenvalue weighted by atomic mass is 32.1. The molecule has 0 saturated heterocycles. The first kappa shape index (κ1) is 20.4. The zero-order chi connectivity index (χ0) is 22.1. The number of pyridine rings is 1. The third-order valence-electron chi connectivity index (χ3n) is 4.57. The molecule has 0 spiro atoms. The van der Waals surface area contributed by atoms with Crippen molar-refractivity contribution in [3.63, 3.8) is 0 Å². The summed E-state index contributed by atoms with van der Waals surface area (Å²) in [5, 5.41) is 11.1. The Morgan fingerprint density at radius 1 is 1.29 bits per heavy atom. The molecule has 4 aromatic rings. The average Bonchev–Trinajstić information content (AvgIpc) is 3.24. The van der Waals surface area contributed by atoms with E-state index < -0.39 is 16.8 Å². The smallest absolute Gasteiger partial charge is 0.326 e. The van der Waals surface area contributed by atoms with Crippen molar-refractivity contribution in [2.24, 2.45) is 4.99 Å². The number of nitro benzene ring substituents is 1. The van der Waals surface area contributed by atoms with E-state index in [0.29, 0.717) is 27.3 Å². The number of aromatic nitrogens is 3. The third-order valence-corrected chi connectivity index (χ3v) is 5.61. The van der Waals surface area contributed by atoms with Gasteiger partial charge in [-0.25, -0.2) is 4.98 Å². The number of aryl methyl sites for hydroxylation is 1. The van der Waals surface area contributed by atoms with Gasteiger partial charge in [0, 0.05) is 18.3 Å². The van der Waals surface area contributed by atoms with Crippen LogP contribution in [0, 0.1) is 17.0 Å². The van der Waals surface area contributed by atoms with Crippen LogP contribution in [0.15, 0.2) is 47.6 Å².